The van der Waals surface area contributed by atoms with Crippen LogP contribution >= 0.6 is 0 Å². The molecule has 0 aromatic heterocycles. The van der Waals surface area contributed by atoms with Gasteiger partial charge in [0.1, 0.15) is 23.1 Å². The zero-order valence-electron chi connectivity index (χ0n) is 22.0. The van der Waals surface area contributed by atoms with Crippen molar-refractivity contribution in [2.24, 2.45) is 4.99 Å². The highest BCUT2D eigenvalue weighted by Crippen LogP contribution is 2.43. The van der Waals surface area contributed by atoms with Gasteiger partial charge in [-0.3, -0.25) is 10.2 Å². The topological polar surface area (TPSA) is 101 Å². The molecule has 0 radical (unpaired) electrons. The second-order valence-corrected chi connectivity index (χ2v) is 9.07. The Balaban J connectivity index is 1.64. The van der Waals surface area contributed by atoms with E-state index in [-0.39, 0.29) is 31.0 Å². The minimum absolute atomic E-state index is 0.0337. The summed E-state index contributed by atoms with van der Waals surface area (Å²) >= 11 is 0. The fourth-order valence-corrected chi connectivity index (χ4v) is 4.36. The highest BCUT2D eigenvalue weighted by atomic mass is 19.1. The normalized spacial score (nSPS) is 18.0. The van der Waals surface area contributed by atoms with Gasteiger partial charge < -0.3 is 19.3 Å². The number of benzene rings is 3. The van der Waals surface area contributed by atoms with Gasteiger partial charge in [0.2, 0.25) is 5.90 Å². The lowest BCUT2D eigenvalue weighted by atomic mass is 9.84. The van der Waals surface area contributed by atoms with Gasteiger partial charge in [-0.1, -0.05) is 24.3 Å². The van der Waals surface area contributed by atoms with Crippen LogP contribution in [-0.4, -0.2) is 42.8 Å². The minimum atomic E-state index is -1.50. The molecule has 3 N–H and O–H groups in total. The van der Waals surface area contributed by atoms with E-state index in [1.807, 2.05) is 0 Å². The van der Waals surface area contributed by atoms with E-state index in [2.05, 4.69) is 17.4 Å². The van der Waals surface area contributed by atoms with Crippen LogP contribution in [0.3, 0.4) is 0 Å². The monoisotopic (exact) mass is 551 g/mol. The van der Waals surface area contributed by atoms with Crippen molar-refractivity contribution in [2.45, 2.75) is 31.0 Å². The quantitative estimate of drug-likeness (QED) is 0.166. The van der Waals surface area contributed by atoms with Crippen molar-refractivity contribution >= 4 is 11.8 Å². The third kappa shape index (κ3) is 6.30. The maximum Gasteiger partial charge on any atom is 0.266 e. The van der Waals surface area contributed by atoms with E-state index < -0.39 is 29.2 Å². The summed E-state index contributed by atoms with van der Waals surface area (Å²) in [6.07, 6.45) is 1.30. The van der Waals surface area contributed by atoms with Gasteiger partial charge in [-0.15, -0.1) is 6.58 Å². The van der Waals surface area contributed by atoms with Crippen LogP contribution in [0.1, 0.15) is 35.6 Å². The lowest BCUT2D eigenvalue weighted by molar-refractivity contribution is -0.130. The van der Waals surface area contributed by atoms with Crippen molar-refractivity contribution in [3.63, 3.8) is 0 Å². The lowest BCUT2D eigenvalue weighted by Crippen LogP contribution is -2.52. The molecule has 0 saturated heterocycles. The largest absolute Gasteiger partial charge is 0.497 e. The van der Waals surface area contributed by atoms with Crippen LogP contribution in [-0.2, 0) is 16.1 Å². The van der Waals surface area contributed by atoms with Gasteiger partial charge >= 0.3 is 0 Å². The Morgan fingerprint density at radius 2 is 1.85 bits per heavy atom. The number of carbonyl (C=O) groups is 1. The SMILES string of the molecule is C=CC[C@]1(C(=O)NNCc2c(F)cccc2F)N=C(c2ccc(OCCCO)cc2)O[C@H]1c1cccc(OC)c1. The summed E-state index contributed by atoms with van der Waals surface area (Å²) in [4.78, 5) is 18.5. The predicted octanol–water partition coefficient (Wildman–Crippen LogP) is 4.39. The van der Waals surface area contributed by atoms with Gasteiger partial charge in [0.25, 0.3) is 5.91 Å². The highest BCUT2D eigenvalue weighted by Gasteiger charge is 2.52. The van der Waals surface area contributed by atoms with Gasteiger partial charge in [-0.2, -0.15) is 0 Å². The van der Waals surface area contributed by atoms with Crippen LogP contribution in [0.4, 0.5) is 8.78 Å². The Labute approximate surface area is 231 Å². The first kappa shape index (κ1) is 28.7. The summed E-state index contributed by atoms with van der Waals surface area (Å²) in [5, 5.41) is 8.96. The number of methoxy groups -OCH3 is 1. The molecule has 1 aliphatic heterocycles. The molecule has 2 atom stereocenters. The van der Waals surface area contributed by atoms with Crippen LogP contribution in [0, 0.1) is 11.6 Å². The first-order chi connectivity index (χ1) is 19.4. The Morgan fingerprint density at radius 3 is 2.52 bits per heavy atom. The molecule has 3 aromatic rings. The molecule has 0 bridgehead atoms. The fourth-order valence-electron chi connectivity index (χ4n) is 4.36. The van der Waals surface area contributed by atoms with Crippen LogP contribution in [0.5, 0.6) is 11.5 Å². The number of hydrazine groups is 1. The zero-order chi connectivity index (χ0) is 28.5. The second kappa shape index (κ2) is 13.2. The number of aliphatic hydroxyl groups excluding tert-OH is 1. The fraction of sp³-hybridized carbons (Fsp3) is 0.267. The number of rotatable bonds is 13. The Hall–Kier alpha value is -4.28. The Kier molecular flexibility index (Phi) is 9.47. The van der Waals surface area contributed by atoms with Crippen molar-refractivity contribution in [3.05, 3.63) is 108 Å². The summed E-state index contributed by atoms with van der Waals surface area (Å²) in [6, 6.07) is 17.7. The van der Waals surface area contributed by atoms with Crippen molar-refractivity contribution in [1.82, 2.24) is 10.9 Å². The number of hydrogen-bond acceptors (Lipinski definition) is 7. The Bertz CT molecular complexity index is 1350. The van der Waals surface area contributed by atoms with Gasteiger partial charge in [0, 0.05) is 37.1 Å². The molecule has 3 aromatic carbocycles. The number of nitrogens with zero attached hydrogens (tertiary/aromatic N) is 1. The molecule has 0 fully saturated rings. The number of nitrogens with one attached hydrogen (secondary N) is 2. The number of aliphatic hydroxyl groups is 1. The van der Waals surface area contributed by atoms with Crippen molar-refractivity contribution in [3.8, 4) is 11.5 Å². The van der Waals surface area contributed by atoms with Gasteiger partial charge in [-0.25, -0.2) is 19.2 Å². The first-order valence-electron chi connectivity index (χ1n) is 12.7. The average molecular weight is 552 g/mol. The maximum absolute atomic E-state index is 14.1. The average Bonchev–Trinajstić information content (AvgIpc) is 3.36. The van der Waals surface area contributed by atoms with Crippen LogP contribution in [0.25, 0.3) is 0 Å². The summed E-state index contributed by atoms with van der Waals surface area (Å²) in [6.45, 7) is 3.95. The van der Waals surface area contributed by atoms with Gasteiger partial charge in [0.05, 0.1) is 13.7 Å². The molecule has 4 rings (SSSR count). The van der Waals surface area contributed by atoms with Crippen molar-refractivity contribution in [2.75, 3.05) is 20.3 Å². The zero-order valence-corrected chi connectivity index (χ0v) is 22.0. The van der Waals surface area contributed by atoms with Crippen molar-refractivity contribution in [1.29, 1.82) is 0 Å². The summed E-state index contributed by atoms with van der Waals surface area (Å²) in [5.41, 5.74) is 4.73. The summed E-state index contributed by atoms with van der Waals surface area (Å²) in [7, 11) is 1.54. The molecule has 0 aliphatic carbocycles. The Morgan fingerprint density at radius 1 is 1.12 bits per heavy atom. The number of halogens is 2. The summed E-state index contributed by atoms with van der Waals surface area (Å²) < 4.78 is 45.5. The molecule has 40 heavy (non-hydrogen) atoms. The molecule has 210 valence electrons. The van der Waals surface area contributed by atoms with Gasteiger partial charge in [-0.05, 0) is 54.1 Å². The van der Waals surface area contributed by atoms with E-state index >= 15 is 0 Å². The van der Waals surface area contributed by atoms with Crippen molar-refractivity contribution < 1.29 is 32.9 Å². The number of carbonyl (C=O) groups excluding carboxylic acids is 1. The maximum atomic E-state index is 14.1. The van der Waals surface area contributed by atoms with E-state index in [1.165, 1.54) is 13.2 Å². The molecule has 0 saturated carbocycles. The molecule has 1 heterocycles. The standard InChI is InChI=1S/C30H31F2N3O5/c1-3-15-30(29(37)35-33-19-24-25(31)9-5-10-26(24)32)27(21-7-4-8-23(18-21)38-2)40-28(34-30)20-11-13-22(14-12-20)39-17-6-16-36/h3-5,7-14,18,27,33,36H,1,6,15-17,19H2,2H3,(H,35,37)/t27-,30-/m0/s1. The minimum Gasteiger partial charge on any atom is -0.497 e. The number of ether oxygens (including phenoxy) is 3. The number of hydrogen-bond donors (Lipinski definition) is 3. The van der Waals surface area contributed by atoms with E-state index in [0.717, 1.165) is 12.1 Å². The number of aliphatic imine (C=N–C) groups is 1. The molecule has 0 unspecified atom stereocenters. The lowest BCUT2D eigenvalue weighted by Gasteiger charge is -2.29. The van der Waals surface area contributed by atoms with Crippen LogP contribution in [0.2, 0.25) is 0 Å². The third-order valence-electron chi connectivity index (χ3n) is 6.41. The van der Waals surface area contributed by atoms with E-state index in [1.54, 1.807) is 54.6 Å². The van der Waals surface area contributed by atoms with E-state index in [0.29, 0.717) is 35.7 Å². The molecular formula is C30H31F2N3O5. The van der Waals surface area contributed by atoms with Gasteiger partial charge in [0.15, 0.2) is 11.6 Å². The van der Waals surface area contributed by atoms with E-state index in [9.17, 15) is 13.6 Å². The molecule has 1 aliphatic rings. The molecule has 8 nitrogen and oxygen atoms in total. The number of amides is 1. The second-order valence-electron chi connectivity index (χ2n) is 9.07. The predicted molar refractivity (Wildman–Crippen MR) is 146 cm³/mol. The molecule has 10 heteroatoms. The summed E-state index contributed by atoms with van der Waals surface area (Å²) in [5.74, 6) is -0.627. The first-order valence-corrected chi connectivity index (χ1v) is 12.7. The highest BCUT2D eigenvalue weighted by molar-refractivity contribution is 6.01. The smallest absolute Gasteiger partial charge is 0.266 e. The van der Waals surface area contributed by atoms with E-state index in [4.69, 9.17) is 24.3 Å². The van der Waals surface area contributed by atoms with Crippen LogP contribution < -0.4 is 20.3 Å². The molecular weight excluding hydrogens is 520 g/mol. The van der Waals surface area contributed by atoms with Crippen LogP contribution in [0.15, 0.2) is 84.4 Å². The molecule has 1 amide bonds. The molecule has 0 spiro atoms. The third-order valence-corrected chi connectivity index (χ3v) is 6.41.